The monoisotopic (exact) mass is 419 g/mol. The first-order chi connectivity index (χ1) is 13.2. The Balaban J connectivity index is 2.02. The third-order valence-corrected chi connectivity index (χ3v) is 4.64. The standard InChI is InChI=1S/C21H19Cl2NO4/c1-4-27-20(26)21(2,3)28-18-8-6-13(22)9-12(18)10-16-15-7-5-14(23)11-17(15)24-19(16)25/h5-11H,4H2,1-3H3,(H,24,25). The number of carbonyl (C=O) groups is 2. The van der Waals surface area contributed by atoms with Crippen molar-refractivity contribution in [2.75, 3.05) is 11.9 Å². The Bertz CT molecular complexity index is 982. The molecule has 1 aliphatic rings. The molecule has 146 valence electrons. The van der Waals surface area contributed by atoms with Gasteiger partial charge < -0.3 is 14.8 Å². The smallest absolute Gasteiger partial charge is 0.349 e. The van der Waals surface area contributed by atoms with Crippen LogP contribution in [0.1, 0.15) is 31.9 Å². The predicted octanol–water partition coefficient (Wildman–Crippen LogP) is 5.21. The number of hydrogen-bond donors (Lipinski definition) is 1. The third-order valence-electron chi connectivity index (χ3n) is 4.17. The Hall–Kier alpha value is -2.50. The molecular formula is C21H19Cl2NO4. The maximum atomic E-state index is 12.5. The Morgan fingerprint density at radius 2 is 1.82 bits per heavy atom. The van der Waals surface area contributed by atoms with Gasteiger partial charge in [0.05, 0.1) is 12.3 Å². The minimum Gasteiger partial charge on any atom is -0.476 e. The molecule has 28 heavy (non-hydrogen) atoms. The molecule has 1 amide bonds. The molecule has 0 radical (unpaired) electrons. The number of esters is 1. The highest BCUT2D eigenvalue weighted by molar-refractivity contribution is 6.37. The molecule has 7 heteroatoms. The van der Waals surface area contributed by atoms with Crippen molar-refractivity contribution < 1.29 is 19.1 Å². The second-order valence-electron chi connectivity index (χ2n) is 6.72. The van der Waals surface area contributed by atoms with E-state index in [0.717, 1.165) is 5.56 Å². The summed E-state index contributed by atoms with van der Waals surface area (Å²) in [6.07, 6.45) is 1.68. The van der Waals surface area contributed by atoms with Gasteiger partial charge in [-0.05, 0) is 57.2 Å². The first-order valence-corrected chi connectivity index (χ1v) is 9.45. The molecule has 0 bridgehead atoms. The van der Waals surface area contributed by atoms with Gasteiger partial charge in [0, 0.05) is 26.7 Å². The first kappa shape index (κ1) is 20.2. The van der Waals surface area contributed by atoms with Gasteiger partial charge in [0.2, 0.25) is 0 Å². The summed E-state index contributed by atoms with van der Waals surface area (Å²) < 4.78 is 11.0. The van der Waals surface area contributed by atoms with E-state index in [4.69, 9.17) is 32.7 Å². The minimum absolute atomic E-state index is 0.253. The Morgan fingerprint density at radius 1 is 1.14 bits per heavy atom. The number of nitrogens with one attached hydrogen (secondary N) is 1. The van der Waals surface area contributed by atoms with Gasteiger partial charge >= 0.3 is 5.97 Å². The number of hydrogen-bond acceptors (Lipinski definition) is 4. The van der Waals surface area contributed by atoms with Gasteiger partial charge in [-0.25, -0.2) is 4.79 Å². The van der Waals surface area contributed by atoms with Crippen LogP contribution in [0.3, 0.4) is 0 Å². The van der Waals surface area contributed by atoms with E-state index in [2.05, 4.69) is 5.32 Å². The van der Waals surface area contributed by atoms with Gasteiger partial charge in [0.1, 0.15) is 5.75 Å². The summed E-state index contributed by atoms with van der Waals surface area (Å²) >= 11 is 12.1. The predicted molar refractivity (Wildman–Crippen MR) is 111 cm³/mol. The van der Waals surface area contributed by atoms with Crippen molar-refractivity contribution in [2.24, 2.45) is 0 Å². The maximum absolute atomic E-state index is 12.5. The van der Waals surface area contributed by atoms with Gasteiger partial charge in [-0.1, -0.05) is 29.3 Å². The molecular weight excluding hydrogens is 401 g/mol. The number of halogens is 2. The fourth-order valence-electron chi connectivity index (χ4n) is 2.81. The van der Waals surface area contributed by atoms with E-state index in [-0.39, 0.29) is 12.5 Å². The number of amides is 1. The molecule has 1 heterocycles. The second-order valence-corrected chi connectivity index (χ2v) is 7.59. The van der Waals surface area contributed by atoms with Crippen molar-refractivity contribution in [3.8, 4) is 5.75 Å². The summed E-state index contributed by atoms with van der Waals surface area (Å²) in [5, 5.41) is 3.79. The first-order valence-electron chi connectivity index (χ1n) is 8.70. The van der Waals surface area contributed by atoms with Crippen LogP contribution in [0.2, 0.25) is 10.0 Å². The Morgan fingerprint density at radius 3 is 2.54 bits per heavy atom. The summed E-state index contributed by atoms with van der Waals surface area (Å²) in [4.78, 5) is 24.6. The quantitative estimate of drug-likeness (QED) is 0.533. The normalized spacial score (nSPS) is 14.6. The summed E-state index contributed by atoms with van der Waals surface area (Å²) in [6, 6.07) is 10.2. The molecule has 5 nitrogen and oxygen atoms in total. The zero-order valence-electron chi connectivity index (χ0n) is 15.6. The van der Waals surface area contributed by atoms with E-state index in [1.165, 1.54) is 0 Å². The largest absolute Gasteiger partial charge is 0.476 e. The number of carbonyl (C=O) groups excluding carboxylic acids is 2. The average molecular weight is 420 g/mol. The third kappa shape index (κ3) is 4.16. The van der Waals surface area contributed by atoms with E-state index in [1.54, 1.807) is 63.2 Å². The van der Waals surface area contributed by atoms with Crippen LogP contribution in [0.25, 0.3) is 11.6 Å². The van der Waals surface area contributed by atoms with E-state index >= 15 is 0 Å². The Labute approximate surface area is 173 Å². The van der Waals surface area contributed by atoms with Crippen molar-refractivity contribution >= 4 is 52.4 Å². The van der Waals surface area contributed by atoms with Crippen LogP contribution >= 0.6 is 23.2 Å². The van der Waals surface area contributed by atoms with E-state index in [9.17, 15) is 9.59 Å². The number of rotatable bonds is 5. The molecule has 2 aromatic rings. The lowest BCUT2D eigenvalue weighted by Gasteiger charge is -2.25. The van der Waals surface area contributed by atoms with E-state index in [1.807, 2.05) is 0 Å². The zero-order valence-corrected chi connectivity index (χ0v) is 17.1. The summed E-state index contributed by atoms with van der Waals surface area (Å²) in [5.74, 6) is -0.333. The number of fused-ring (bicyclic) bond motifs is 1. The van der Waals surface area contributed by atoms with E-state index in [0.29, 0.717) is 32.6 Å². The fourth-order valence-corrected chi connectivity index (χ4v) is 3.16. The summed E-state index contributed by atoms with van der Waals surface area (Å²) in [6.45, 7) is 5.23. The lowest BCUT2D eigenvalue weighted by atomic mass is 10.0. The average Bonchev–Trinajstić information content (AvgIpc) is 2.92. The van der Waals surface area contributed by atoms with Crippen molar-refractivity contribution in [1.29, 1.82) is 0 Å². The SMILES string of the molecule is CCOC(=O)C(C)(C)Oc1ccc(Cl)cc1C=C1C(=O)Nc2cc(Cl)ccc21. The van der Waals surface area contributed by atoms with Crippen molar-refractivity contribution in [3.05, 3.63) is 57.6 Å². The zero-order chi connectivity index (χ0) is 20.5. The van der Waals surface area contributed by atoms with Crippen molar-refractivity contribution in [1.82, 2.24) is 0 Å². The number of anilines is 1. The molecule has 0 saturated heterocycles. The topological polar surface area (TPSA) is 64.6 Å². The molecule has 0 fully saturated rings. The van der Waals surface area contributed by atoms with Crippen LogP contribution in [0.4, 0.5) is 5.69 Å². The molecule has 0 saturated carbocycles. The van der Waals surface area contributed by atoms with Crippen LogP contribution in [-0.2, 0) is 14.3 Å². The van der Waals surface area contributed by atoms with Gasteiger partial charge in [0.25, 0.3) is 5.91 Å². The maximum Gasteiger partial charge on any atom is 0.349 e. The highest BCUT2D eigenvalue weighted by Gasteiger charge is 2.32. The van der Waals surface area contributed by atoms with Gasteiger partial charge in [0.15, 0.2) is 5.60 Å². The number of ether oxygens (including phenoxy) is 2. The molecule has 1 aliphatic heterocycles. The molecule has 0 unspecified atom stereocenters. The molecule has 0 aromatic heterocycles. The lowest BCUT2D eigenvalue weighted by molar-refractivity contribution is -0.158. The molecule has 3 rings (SSSR count). The number of benzene rings is 2. The highest BCUT2D eigenvalue weighted by atomic mass is 35.5. The molecule has 0 atom stereocenters. The van der Waals surface area contributed by atoms with Gasteiger partial charge in [-0.2, -0.15) is 0 Å². The summed E-state index contributed by atoms with van der Waals surface area (Å²) in [5.41, 5.74) is 1.18. The minimum atomic E-state index is -1.21. The fraction of sp³-hybridized carbons (Fsp3) is 0.238. The van der Waals surface area contributed by atoms with Crippen LogP contribution in [0, 0.1) is 0 Å². The molecule has 0 aliphatic carbocycles. The van der Waals surface area contributed by atoms with Crippen LogP contribution in [0.5, 0.6) is 5.75 Å². The Kier molecular flexibility index (Phi) is 5.68. The van der Waals surface area contributed by atoms with Crippen LogP contribution in [0.15, 0.2) is 36.4 Å². The van der Waals surface area contributed by atoms with Crippen LogP contribution in [-0.4, -0.2) is 24.1 Å². The molecule has 1 N–H and O–H groups in total. The second kappa shape index (κ2) is 7.86. The van der Waals surface area contributed by atoms with Crippen molar-refractivity contribution in [3.63, 3.8) is 0 Å². The van der Waals surface area contributed by atoms with Crippen molar-refractivity contribution in [2.45, 2.75) is 26.4 Å². The summed E-state index contributed by atoms with van der Waals surface area (Å²) in [7, 11) is 0. The molecule has 2 aromatic carbocycles. The van der Waals surface area contributed by atoms with E-state index < -0.39 is 11.6 Å². The lowest BCUT2D eigenvalue weighted by Crippen LogP contribution is -2.39. The van der Waals surface area contributed by atoms with Gasteiger partial charge in [-0.3, -0.25) is 4.79 Å². The highest BCUT2D eigenvalue weighted by Crippen LogP contribution is 2.37. The van der Waals surface area contributed by atoms with Gasteiger partial charge in [-0.15, -0.1) is 0 Å². The van der Waals surface area contributed by atoms with Crippen LogP contribution < -0.4 is 10.1 Å². The molecule has 0 spiro atoms.